The van der Waals surface area contributed by atoms with Crippen molar-refractivity contribution in [1.82, 2.24) is 5.32 Å². The minimum absolute atomic E-state index is 0.318. The summed E-state index contributed by atoms with van der Waals surface area (Å²) < 4.78 is 45.6. The molecule has 11 nitrogen and oxygen atoms in total. The molecule has 2 amide bonds. The lowest BCUT2D eigenvalue weighted by atomic mass is 10.2. The third-order valence-electron chi connectivity index (χ3n) is 4.95. The second-order valence-corrected chi connectivity index (χ2v) is 10.4. The molecule has 0 fully saturated rings. The summed E-state index contributed by atoms with van der Waals surface area (Å²) >= 11 is 0. The minimum Gasteiger partial charge on any atom is -0.487 e. The number of benzene rings is 1. The molecule has 0 spiro atoms. The number of rotatable bonds is 11. The summed E-state index contributed by atoms with van der Waals surface area (Å²) in [6.45, 7) is 11.4. The largest absolute Gasteiger partial charge is 0.500 e. The molecule has 1 aliphatic heterocycles. The molecule has 2 N–H and O–H groups in total. The van der Waals surface area contributed by atoms with Crippen molar-refractivity contribution in [3.8, 4) is 11.5 Å². The summed E-state index contributed by atoms with van der Waals surface area (Å²) in [5.74, 6) is 1.09. The highest BCUT2D eigenvalue weighted by Gasteiger charge is 2.39. The van der Waals surface area contributed by atoms with E-state index < -0.39 is 8.80 Å². The lowest BCUT2D eigenvalue weighted by Gasteiger charge is -2.28. The number of anilines is 1. The van der Waals surface area contributed by atoms with Crippen LogP contribution in [0.5, 0.6) is 11.5 Å². The number of carbonyl (C=O) groups is 1. The molecular weight excluding hydrogens is 488 g/mol. The Balaban J connectivity index is 1.87. The summed E-state index contributed by atoms with van der Waals surface area (Å²) in [6.07, 6.45) is 0.674. The number of hydrogen-bond acceptors (Lipinski definition) is 9. The molecule has 0 aromatic heterocycles. The second-order valence-electron chi connectivity index (χ2n) is 7.66. The second kappa shape index (κ2) is 18.3. The van der Waals surface area contributed by atoms with Gasteiger partial charge in [-0.3, -0.25) is 0 Å². The zero-order valence-electron chi connectivity index (χ0n) is 21.8. The van der Waals surface area contributed by atoms with Crippen molar-refractivity contribution in [2.75, 3.05) is 84.5 Å². The van der Waals surface area contributed by atoms with Gasteiger partial charge < -0.3 is 47.6 Å². The Labute approximate surface area is 215 Å². The molecule has 0 saturated heterocycles. The van der Waals surface area contributed by atoms with Crippen LogP contribution in [0.4, 0.5) is 10.5 Å². The van der Waals surface area contributed by atoms with Gasteiger partial charge in [-0.25, -0.2) is 4.79 Å². The van der Waals surface area contributed by atoms with Crippen LogP contribution in [0.2, 0.25) is 6.04 Å². The van der Waals surface area contributed by atoms with Crippen molar-refractivity contribution in [3.05, 3.63) is 18.2 Å². The van der Waals surface area contributed by atoms with Crippen LogP contribution in [0.15, 0.2) is 18.2 Å². The van der Waals surface area contributed by atoms with Crippen LogP contribution in [0, 0.1) is 0 Å². The molecule has 12 heteroatoms. The number of nitrogens with one attached hydrogen (secondary N) is 2. The lowest BCUT2D eigenvalue weighted by Crippen LogP contribution is -2.46. The molecule has 0 atom stereocenters. The standard InChI is InChI=1S/C24H42N2O9Si/c1-4-33-36(34-5-2,35-6-3)19-7-10-25-24(27)26-21-8-9-22-23(20-21)32-18-16-30-14-12-28-11-13-29-15-17-31-22/h8-9,20H,4-7,10-19H2,1-3H3,(H2,25,26,27). The van der Waals surface area contributed by atoms with E-state index in [9.17, 15) is 4.79 Å². The Morgan fingerprint density at radius 1 is 0.806 bits per heavy atom. The van der Waals surface area contributed by atoms with Crippen molar-refractivity contribution in [2.45, 2.75) is 33.2 Å². The molecule has 0 unspecified atom stereocenters. The number of hydrogen-bond donors (Lipinski definition) is 2. The fourth-order valence-corrected chi connectivity index (χ4v) is 6.08. The van der Waals surface area contributed by atoms with E-state index in [-0.39, 0.29) is 6.03 Å². The molecule has 1 aromatic rings. The quantitative estimate of drug-likeness (QED) is 0.329. The monoisotopic (exact) mass is 530 g/mol. The zero-order chi connectivity index (χ0) is 25.9. The summed E-state index contributed by atoms with van der Waals surface area (Å²) in [6, 6.07) is 5.57. The van der Waals surface area contributed by atoms with Crippen LogP contribution < -0.4 is 20.1 Å². The van der Waals surface area contributed by atoms with Gasteiger partial charge in [0, 0.05) is 44.2 Å². The first-order chi connectivity index (χ1) is 17.6. The normalized spacial score (nSPS) is 16.0. The van der Waals surface area contributed by atoms with E-state index in [1.807, 2.05) is 20.8 Å². The number of urea groups is 1. The van der Waals surface area contributed by atoms with E-state index in [0.717, 1.165) is 0 Å². The van der Waals surface area contributed by atoms with Gasteiger partial charge in [-0.2, -0.15) is 0 Å². The van der Waals surface area contributed by atoms with Crippen molar-refractivity contribution in [2.24, 2.45) is 0 Å². The number of carbonyl (C=O) groups excluding carboxylic acids is 1. The number of fused-ring (bicyclic) bond motifs is 1. The molecule has 0 aliphatic carbocycles. The third-order valence-corrected chi connectivity index (χ3v) is 8.11. The van der Waals surface area contributed by atoms with Crippen LogP contribution in [0.1, 0.15) is 27.2 Å². The molecule has 206 valence electrons. The third kappa shape index (κ3) is 11.9. The summed E-state index contributed by atoms with van der Waals surface area (Å²) in [4.78, 5) is 12.5. The number of ether oxygens (including phenoxy) is 5. The van der Waals surface area contributed by atoms with Crippen LogP contribution in [-0.2, 0) is 27.5 Å². The van der Waals surface area contributed by atoms with Crippen molar-refractivity contribution < 1.29 is 41.8 Å². The smallest absolute Gasteiger partial charge is 0.487 e. The Morgan fingerprint density at radius 2 is 1.33 bits per heavy atom. The van der Waals surface area contributed by atoms with Crippen molar-refractivity contribution in [3.63, 3.8) is 0 Å². The van der Waals surface area contributed by atoms with E-state index >= 15 is 0 Å². The lowest BCUT2D eigenvalue weighted by molar-refractivity contribution is 0.00708. The van der Waals surface area contributed by atoms with Crippen LogP contribution >= 0.6 is 0 Å². The average molecular weight is 531 g/mol. The van der Waals surface area contributed by atoms with Gasteiger partial charge in [-0.1, -0.05) is 0 Å². The fourth-order valence-electron chi connectivity index (χ4n) is 3.46. The molecular formula is C24H42N2O9Si. The predicted molar refractivity (Wildman–Crippen MR) is 137 cm³/mol. The van der Waals surface area contributed by atoms with Gasteiger partial charge in [0.25, 0.3) is 0 Å². The van der Waals surface area contributed by atoms with Gasteiger partial charge in [0.15, 0.2) is 11.5 Å². The maximum Gasteiger partial charge on any atom is 0.500 e. The molecule has 0 saturated carbocycles. The average Bonchev–Trinajstić information content (AvgIpc) is 2.87. The fraction of sp³-hybridized carbons (Fsp3) is 0.708. The number of amides is 2. The zero-order valence-corrected chi connectivity index (χ0v) is 22.8. The topological polar surface area (TPSA) is 115 Å². The minimum atomic E-state index is -2.72. The SMILES string of the molecule is CCO[Si](CCCNC(=O)Nc1ccc2c(c1)OCCOCCOCCOCCO2)(OCC)OCC. The highest BCUT2D eigenvalue weighted by Crippen LogP contribution is 2.30. The predicted octanol–water partition coefficient (Wildman–Crippen LogP) is 3.07. The Hall–Kier alpha value is -1.93. The summed E-state index contributed by atoms with van der Waals surface area (Å²) in [5.41, 5.74) is 0.583. The summed E-state index contributed by atoms with van der Waals surface area (Å²) in [7, 11) is -2.72. The van der Waals surface area contributed by atoms with Gasteiger partial charge in [0.05, 0.1) is 39.6 Å². The van der Waals surface area contributed by atoms with Crippen LogP contribution in [-0.4, -0.2) is 94.1 Å². The van der Waals surface area contributed by atoms with Gasteiger partial charge in [-0.15, -0.1) is 0 Å². The van der Waals surface area contributed by atoms with Gasteiger partial charge >= 0.3 is 14.8 Å². The highest BCUT2D eigenvalue weighted by atomic mass is 28.4. The molecule has 36 heavy (non-hydrogen) atoms. The molecule has 1 heterocycles. The molecule has 1 aliphatic rings. The first kappa shape index (κ1) is 30.3. The molecule has 2 rings (SSSR count). The van der Waals surface area contributed by atoms with E-state index in [4.69, 9.17) is 37.0 Å². The maximum atomic E-state index is 12.5. The van der Waals surface area contributed by atoms with Gasteiger partial charge in [0.1, 0.15) is 13.2 Å². The maximum absolute atomic E-state index is 12.5. The van der Waals surface area contributed by atoms with Crippen LogP contribution in [0.25, 0.3) is 0 Å². The van der Waals surface area contributed by atoms with E-state index in [0.29, 0.717) is 109 Å². The first-order valence-corrected chi connectivity index (χ1v) is 14.6. The first-order valence-electron chi connectivity index (χ1n) is 12.7. The van der Waals surface area contributed by atoms with Gasteiger partial charge in [0.2, 0.25) is 0 Å². The van der Waals surface area contributed by atoms with Crippen molar-refractivity contribution in [1.29, 1.82) is 0 Å². The van der Waals surface area contributed by atoms with E-state index in [1.54, 1.807) is 18.2 Å². The Morgan fingerprint density at radius 3 is 1.89 bits per heavy atom. The van der Waals surface area contributed by atoms with E-state index in [1.165, 1.54) is 0 Å². The molecule has 1 aromatic carbocycles. The van der Waals surface area contributed by atoms with Crippen LogP contribution in [0.3, 0.4) is 0 Å². The molecule has 0 bridgehead atoms. The van der Waals surface area contributed by atoms with Crippen molar-refractivity contribution >= 4 is 20.5 Å². The summed E-state index contributed by atoms with van der Waals surface area (Å²) in [5, 5.41) is 5.71. The highest BCUT2D eigenvalue weighted by molar-refractivity contribution is 6.60. The Bertz CT molecular complexity index is 725. The van der Waals surface area contributed by atoms with E-state index in [2.05, 4.69) is 10.6 Å². The Kier molecular flexibility index (Phi) is 15.4. The van der Waals surface area contributed by atoms with Gasteiger partial charge in [-0.05, 0) is 39.3 Å². The molecule has 0 radical (unpaired) electrons.